The summed E-state index contributed by atoms with van der Waals surface area (Å²) in [5.74, 6) is 3.43. The van der Waals surface area contributed by atoms with Crippen molar-refractivity contribution in [1.82, 2.24) is 0 Å². The van der Waals surface area contributed by atoms with Crippen molar-refractivity contribution in [3.63, 3.8) is 0 Å². The molecule has 3 aliphatic carbocycles. The number of allylic oxidation sites excluding steroid dienone is 7. The molecule has 0 N–H and O–H groups in total. The van der Waals surface area contributed by atoms with E-state index in [0.29, 0.717) is 74.1 Å². The molecule has 2 bridgehead atoms. The lowest BCUT2D eigenvalue weighted by atomic mass is 9.61. The molecule has 3 aromatic carbocycles. The van der Waals surface area contributed by atoms with Crippen LogP contribution in [0.1, 0.15) is 193 Å². The van der Waals surface area contributed by atoms with Crippen molar-refractivity contribution in [2.45, 2.75) is 230 Å². The molecule has 6 fully saturated rings. The lowest BCUT2D eigenvalue weighted by molar-refractivity contribution is -0.192. The molecule has 9 rings (SSSR count). The smallest absolute Gasteiger partial charge is 0.494 e. The maximum atomic E-state index is 7.41. The Balaban J connectivity index is 1.10. The molecule has 3 aliphatic heterocycles. The van der Waals surface area contributed by atoms with E-state index in [1.165, 1.54) is 0 Å². The van der Waals surface area contributed by atoms with Crippen LogP contribution in [0.15, 0.2) is 130 Å². The minimum atomic E-state index is -0.808. The highest BCUT2D eigenvalue weighted by atomic mass is 16.7. The first-order valence-corrected chi connectivity index (χ1v) is 34.8. The zero-order valence-electron chi connectivity index (χ0n) is 54.3. The molecule has 3 aromatic rings. The van der Waals surface area contributed by atoms with Gasteiger partial charge in [-0.3, -0.25) is 0 Å². The highest BCUT2D eigenvalue weighted by molar-refractivity contribution is 6.65. The number of ether oxygens (including phenoxy) is 6. The van der Waals surface area contributed by atoms with Gasteiger partial charge in [0.05, 0.1) is 92.7 Å². The molecule has 0 amide bonds. The van der Waals surface area contributed by atoms with Crippen LogP contribution in [0.5, 0.6) is 34.5 Å². The second-order valence-corrected chi connectivity index (χ2v) is 24.7. The lowest BCUT2D eigenvalue weighted by Crippen LogP contribution is -2.70. The Morgan fingerprint density at radius 1 is 0.303 bits per heavy atom. The summed E-state index contributed by atoms with van der Waals surface area (Å²) in [6.45, 7) is 25.0. The quantitative estimate of drug-likeness (QED) is 0.0305. The summed E-state index contributed by atoms with van der Waals surface area (Å²) >= 11 is 0. The van der Waals surface area contributed by atoms with E-state index in [1.807, 2.05) is 85.0 Å². The van der Waals surface area contributed by atoms with E-state index in [9.17, 15) is 0 Å². The normalized spacial score (nSPS) is 21.4. The van der Waals surface area contributed by atoms with Crippen molar-refractivity contribution in [1.29, 1.82) is 0 Å². The highest BCUT2D eigenvalue weighted by Crippen LogP contribution is 2.56. The summed E-state index contributed by atoms with van der Waals surface area (Å²) in [6, 6.07) is 18.2. The minimum Gasteiger partial charge on any atom is -0.494 e. The average Bonchev–Trinajstić information content (AvgIpc) is 1.55. The molecular formula is C74H107B3O12. The SMILES string of the molecule is C=CCCCCCCOc1cccc(OCCCCC/C=C/C)c1B1O[C@@H]2C3[C@@H]4OB(c5c(OCCCCCCC=C)cccc5OCCCCCCC=C)O[C@@H]4C([C@H]4OB(c5c(OCCCCCCC=C)cccc5OCCCCCCC=C)O[C@@H]34)[C@@H]2O1. The molecule has 3 heterocycles. The van der Waals surface area contributed by atoms with Crippen molar-refractivity contribution < 1.29 is 56.3 Å². The summed E-state index contributed by atoms with van der Waals surface area (Å²) in [6.07, 6.45) is 42.0. The van der Waals surface area contributed by atoms with Crippen LogP contribution in [0.2, 0.25) is 0 Å². The summed E-state index contributed by atoms with van der Waals surface area (Å²) in [4.78, 5) is 0. The standard InChI is InChI=1S/C74H107B3O12/c1-7-13-19-25-31-37-52-78-58-46-43-47-59(79-53-38-32-26-20-14-8-2)66(58)75-84-69-64-71-72(87-76(86-71)67-60(80-54-39-33-27-21-15-9-3)48-44-49-61(67)81-55-40-34-28-22-16-10-4)65(70(69)85-75)74-73(64)88-77(89-74)68-62(82-56-41-35-29-23-17-11-5)50-45-51-63(68)83-57-42-36-30-24-18-12-6/h7-12,18,43-51,64-65,69-74H,1-5,13-17,19-42,52-57H2,6H3/b18-12+/t64?,65?,69-,70+,71-,72+,73+,74-. The molecule has 12 nitrogen and oxygen atoms in total. The van der Waals surface area contributed by atoms with Gasteiger partial charge in [-0.15, -0.1) is 32.9 Å². The number of hydrogen-bond donors (Lipinski definition) is 0. The molecule has 0 aromatic heterocycles. The van der Waals surface area contributed by atoms with Crippen molar-refractivity contribution >= 4 is 37.7 Å². The number of unbranched alkanes of at least 4 members (excludes halogenated alkanes) is 23. The van der Waals surface area contributed by atoms with Crippen LogP contribution in [-0.4, -0.2) is 97.6 Å². The molecule has 6 atom stereocenters. The fourth-order valence-corrected chi connectivity index (χ4v) is 13.4. The lowest BCUT2D eigenvalue weighted by Gasteiger charge is -2.55. The van der Waals surface area contributed by atoms with E-state index in [1.54, 1.807) is 0 Å². The van der Waals surface area contributed by atoms with E-state index >= 15 is 0 Å². The van der Waals surface area contributed by atoms with Crippen LogP contribution in [0.4, 0.5) is 0 Å². The molecule has 3 saturated carbocycles. The molecule has 484 valence electrons. The Hall–Kier alpha value is -5.15. The molecule has 15 heteroatoms. The number of rotatable bonds is 50. The largest absolute Gasteiger partial charge is 0.502 e. The van der Waals surface area contributed by atoms with Gasteiger partial charge in [-0.05, 0) is 165 Å². The monoisotopic (exact) mass is 1220 g/mol. The van der Waals surface area contributed by atoms with Crippen LogP contribution in [0, 0.1) is 11.8 Å². The zero-order chi connectivity index (χ0) is 62.1. The number of hydrogen-bond acceptors (Lipinski definition) is 12. The fourth-order valence-electron chi connectivity index (χ4n) is 13.4. The van der Waals surface area contributed by atoms with Crippen molar-refractivity contribution in [3.8, 4) is 34.5 Å². The maximum Gasteiger partial charge on any atom is 0.502 e. The van der Waals surface area contributed by atoms with Crippen molar-refractivity contribution in [3.05, 3.63) is 130 Å². The summed E-state index contributed by atoms with van der Waals surface area (Å²) in [5, 5.41) is 0. The van der Waals surface area contributed by atoms with Gasteiger partial charge < -0.3 is 56.3 Å². The zero-order valence-corrected chi connectivity index (χ0v) is 54.3. The number of benzene rings is 3. The first-order chi connectivity index (χ1) is 44.0. The molecular weight excluding hydrogens is 1110 g/mol. The average molecular weight is 1220 g/mol. The first-order valence-electron chi connectivity index (χ1n) is 34.8. The maximum absolute atomic E-state index is 7.41. The van der Waals surface area contributed by atoms with E-state index in [-0.39, 0.29) is 0 Å². The second-order valence-electron chi connectivity index (χ2n) is 24.7. The highest BCUT2D eigenvalue weighted by Gasteiger charge is 2.73. The third-order valence-electron chi connectivity index (χ3n) is 18.0. The summed E-state index contributed by atoms with van der Waals surface area (Å²) in [7, 11) is -2.42. The van der Waals surface area contributed by atoms with Gasteiger partial charge in [-0.2, -0.15) is 0 Å². The molecule has 3 saturated heterocycles. The molecule has 0 unspecified atom stereocenters. The third kappa shape index (κ3) is 20.4. The van der Waals surface area contributed by atoms with Crippen molar-refractivity contribution in [2.24, 2.45) is 11.8 Å². The predicted molar refractivity (Wildman–Crippen MR) is 364 cm³/mol. The minimum absolute atomic E-state index is 0.391. The van der Waals surface area contributed by atoms with E-state index in [4.69, 9.17) is 56.3 Å². The predicted octanol–water partition coefficient (Wildman–Crippen LogP) is 15.9. The fraction of sp³-hybridized carbons (Fsp3) is 0.595. The molecule has 6 aliphatic rings. The van der Waals surface area contributed by atoms with Crippen molar-refractivity contribution in [2.75, 3.05) is 39.6 Å². The molecule has 0 spiro atoms. The Bertz CT molecular complexity index is 2360. The molecule has 0 radical (unpaired) electrons. The van der Waals surface area contributed by atoms with Crippen LogP contribution < -0.4 is 44.8 Å². The van der Waals surface area contributed by atoms with Gasteiger partial charge in [0.25, 0.3) is 0 Å². The van der Waals surface area contributed by atoms with Gasteiger partial charge >= 0.3 is 21.4 Å². The Kier molecular flexibility index (Phi) is 31.3. The Morgan fingerprint density at radius 2 is 0.506 bits per heavy atom. The summed E-state index contributed by atoms with van der Waals surface area (Å²) in [5.41, 5.74) is 2.29. The van der Waals surface area contributed by atoms with Crippen LogP contribution >= 0.6 is 0 Å². The van der Waals surface area contributed by atoms with Gasteiger partial charge in [-0.25, -0.2) is 0 Å². The Labute approximate surface area is 537 Å². The van der Waals surface area contributed by atoms with E-state index in [2.05, 4.69) is 52.0 Å². The summed E-state index contributed by atoms with van der Waals surface area (Å²) < 4.78 is 84.7. The molecule has 89 heavy (non-hydrogen) atoms. The van der Waals surface area contributed by atoms with Gasteiger partial charge in [0.2, 0.25) is 0 Å². The van der Waals surface area contributed by atoms with Crippen LogP contribution in [0.25, 0.3) is 0 Å². The first kappa shape index (κ1) is 69.7. The van der Waals surface area contributed by atoms with Gasteiger partial charge in [-0.1, -0.05) is 125 Å². The van der Waals surface area contributed by atoms with E-state index in [0.717, 1.165) is 203 Å². The third-order valence-corrected chi connectivity index (χ3v) is 18.0. The van der Waals surface area contributed by atoms with Crippen LogP contribution in [0.3, 0.4) is 0 Å². The Morgan fingerprint density at radius 3 is 0.719 bits per heavy atom. The van der Waals surface area contributed by atoms with Crippen LogP contribution in [-0.2, 0) is 27.9 Å². The van der Waals surface area contributed by atoms with E-state index < -0.39 is 69.8 Å². The van der Waals surface area contributed by atoms with Gasteiger partial charge in [0.1, 0.15) is 34.5 Å². The second kappa shape index (κ2) is 40.0. The van der Waals surface area contributed by atoms with Gasteiger partial charge in [0.15, 0.2) is 0 Å². The topological polar surface area (TPSA) is 111 Å². The van der Waals surface area contributed by atoms with Gasteiger partial charge in [0, 0.05) is 11.8 Å².